The van der Waals surface area contributed by atoms with E-state index in [9.17, 15) is 4.79 Å². The van der Waals surface area contributed by atoms with Crippen molar-refractivity contribution in [3.63, 3.8) is 0 Å². The summed E-state index contributed by atoms with van der Waals surface area (Å²) in [7, 11) is 1.60. The summed E-state index contributed by atoms with van der Waals surface area (Å²) in [4.78, 5) is 14.9. The van der Waals surface area contributed by atoms with Crippen LogP contribution in [0, 0.1) is 0 Å². The van der Waals surface area contributed by atoms with Gasteiger partial charge in [-0.3, -0.25) is 4.79 Å². The number of aromatic nitrogens is 1. The van der Waals surface area contributed by atoms with E-state index in [1.54, 1.807) is 18.9 Å². The lowest BCUT2D eigenvalue weighted by atomic mass is 10.1. The molecule has 122 valence electrons. The second-order valence-electron chi connectivity index (χ2n) is 4.75. The van der Waals surface area contributed by atoms with Crippen molar-refractivity contribution in [1.82, 2.24) is 4.98 Å². The SMILES string of the molecule is COc1cccc(SCCOc2ccc(CCC(=O)O)cc2)n1. The molecule has 1 aromatic heterocycles. The van der Waals surface area contributed by atoms with E-state index >= 15 is 0 Å². The third kappa shape index (κ3) is 6.20. The number of hydrogen-bond acceptors (Lipinski definition) is 5. The van der Waals surface area contributed by atoms with Gasteiger partial charge in [-0.05, 0) is 30.2 Å². The largest absolute Gasteiger partial charge is 0.493 e. The lowest BCUT2D eigenvalue weighted by molar-refractivity contribution is -0.136. The zero-order chi connectivity index (χ0) is 16.5. The van der Waals surface area contributed by atoms with E-state index < -0.39 is 5.97 Å². The first-order valence-corrected chi connectivity index (χ1v) is 8.23. The maximum atomic E-state index is 10.5. The van der Waals surface area contributed by atoms with Gasteiger partial charge in [-0.15, -0.1) is 11.8 Å². The molecular formula is C17H19NO4S. The molecule has 0 unspecified atom stereocenters. The van der Waals surface area contributed by atoms with Crippen molar-refractivity contribution in [1.29, 1.82) is 0 Å². The molecule has 2 rings (SSSR count). The van der Waals surface area contributed by atoms with Gasteiger partial charge in [0.05, 0.1) is 13.7 Å². The number of pyridine rings is 1. The Bertz CT molecular complexity index is 631. The van der Waals surface area contributed by atoms with Crippen LogP contribution in [0.5, 0.6) is 11.6 Å². The van der Waals surface area contributed by atoms with Gasteiger partial charge in [-0.2, -0.15) is 0 Å². The first-order chi connectivity index (χ1) is 11.2. The van der Waals surface area contributed by atoms with E-state index in [2.05, 4.69) is 4.98 Å². The smallest absolute Gasteiger partial charge is 0.303 e. The Morgan fingerprint density at radius 1 is 1.22 bits per heavy atom. The Hall–Kier alpha value is -2.21. The summed E-state index contributed by atoms with van der Waals surface area (Å²) >= 11 is 1.60. The number of ether oxygens (including phenoxy) is 2. The maximum absolute atomic E-state index is 10.5. The zero-order valence-electron chi connectivity index (χ0n) is 12.9. The Morgan fingerprint density at radius 2 is 2.00 bits per heavy atom. The van der Waals surface area contributed by atoms with Gasteiger partial charge < -0.3 is 14.6 Å². The standard InChI is InChI=1S/C17H19NO4S/c1-21-15-3-2-4-16(18-15)23-12-11-22-14-8-5-13(6-9-14)7-10-17(19)20/h2-6,8-9H,7,10-12H2,1H3,(H,19,20). The minimum Gasteiger partial charge on any atom is -0.493 e. The van der Waals surface area contributed by atoms with Gasteiger partial charge in [-0.25, -0.2) is 4.98 Å². The molecule has 0 aliphatic heterocycles. The number of nitrogens with zero attached hydrogens (tertiary/aromatic N) is 1. The summed E-state index contributed by atoms with van der Waals surface area (Å²) in [5.74, 6) is 1.38. The van der Waals surface area contributed by atoms with E-state index in [0.29, 0.717) is 18.9 Å². The van der Waals surface area contributed by atoms with Crippen LogP contribution in [0.4, 0.5) is 0 Å². The molecule has 5 nitrogen and oxygen atoms in total. The molecule has 0 aliphatic carbocycles. The summed E-state index contributed by atoms with van der Waals surface area (Å²) in [5, 5.41) is 9.56. The Morgan fingerprint density at radius 3 is 2.70 bits per heavy atom. The summed E-state index contributed by atoms with van der Waals surface area (Å²) in [6, 6.07) is 13.2. The first-order valence-electron chi connectivity index (χ1n) is 7.25. The number of hydrogen-bond donors (Lipinski definition) is 1. The van der Waals surface area contributed by atoms with Crippen LogP contribution in [0.3, 0.4) is 0 Å². The van der Waals surface area contributed by atoms with Crippen LogP contribution in [0.1, 0.15) is 12.0 Å². The van der Waals surface area contributed by atoms with Crippen LogP contribution in [0.15, 0.2) is 47.5 Å². The molecule has 0 aliphatic rings. The monoisotopic (exact) mass is 333 g/mol. The number of rotatable bonds is 9. The average Bonchev–Trinajstić information content (AvgIpc) is 2.58. The van der Waals surface area contributed by atoms with Crippen LogP contribution in [0.2, 0.25) is 0 Å². The summed E-state index contributed by atoms with van der Waals surface area (Å²) in [5.41, 5.74) is 0.995. The predicted molar refractivity (Wildman–Crippen MR) is 89.4 cm³/mol. The zero-order valence-corrected chi connectivity index (χ0v) is 13.7. The quantitative estimate of drug-likeness (QED) is 0.561. The van der Waals surface area contributed by atoms with Gasteiger partial charge in [0.25, 0.3) is 0 Å². The summed E-state index contributed by atoms with van der Waals surface area (Å²) in [6.45, 7) is 0.567. The normalized spacial score (nSPS) is 10.3. The number of thioether (sulfide) groups is 1. The number of benzene rings is 1. The van der Waals surface area contributed by atoms with E-state index in [-0.39, 0.29) is 6.42 Å². The number of aryl methyl sites for hydroxylation is 1. The number of carboxylic acid groups (broad SMARTS) is 1. The fourth-order valence-electron chi connectivity index (χ4n) is 1.90. The fraction of sp³-hybridized carbons (Fsp3) is 0.294. The van der Waals surface area contributed by atoms with E-state index in [4.69, 9.17) is 14.6 Å². The second-order valence-corrected chi connectivity index (χ2v) is 5.87. The number of carbonyl (C=O) groups is 1. The number of aliphatic carboxylic acids is 1. The van der Waals surface area contributed by atoms with Crippen molar-refractivity contribution >= 4 is 17.7 Å². The van der Waals surface area contributed by atoms with Crippen LogP contribution in [0.25, 0.3) is 0 Å². The van der Waals surface area contributed by atoms with Crippen molar-refractivity contribution in [3.05, 3.63) is 48.0 Å². The van der Waals surface area contributed by atoms with Gasteiger partial charge in [0, 0.05) is 18.2 Å². The molecule has 0 amide bonds. The first kappa shape index (κ1) is 17.1. The molecule has 0 radical (unpaired) electrons. The van der Waals surface area contributed by atoms with Crippen molar-refractivity contribution in [2.75, 3.05) is 19.5 Å². The van der Waals surface area contributed by atoms with Gasteiger partial charge >= 0.3 is 5.97 Å². The molecule has 0 saturated carbocycles. The topological polar surface area (TPSA) is 68.7 Å². The Balaban J connectivity index is 1.72. The molecule has 0 bridgehead atoms. The van der Waals surface area contributed by atoms with Crippen molar-refractivity contribution in [2.45, 2.75) is 17.9 Å². The minimum atomic E-state index is -0.784. The third-order valence-corrected chi connectivity index (χ3v) is 3.95. The highest BCUT2D eigenvalue weighted by molar-refractivity contribution is 7.99. The van der Waals surface area contributed by atoms with Gasteiger partial charge in [-0.1, -0.05) is 18.2 Å². The lowest BCUT2D eigenvalue weighted by Gasteiger charge is -2.07. The molecule has 0 fully saturated rings. The number of methoxy groups -OCH3 is 1. The van der Waals surface area contributed by atoms with Gasteiger partial charge in [0.2, 0.25) is 5.88 Å². The average molecular weight is 333 g/mol. The molecule has 1 N–H and O–H groups in total. The molecule has 0 saturated heterocycles. The highest BCUT2D eigenvalue weighted by Gasteiger charge is 2.01. The maximum Gasteiger partial charge on any atom is 0.303 e. The predicted octanol–water partition coefficient (Wildman–Crippen LogP) is 3.28. The third-order valence-electron chi connectivity index (χ3n) is 3.06. The van der Waals surface area contributed by atoms with Crippen molar-refractivity contribution in [2.24, 2.45) is 0 Å². The van der Waals surface area contributed by atoms with Crippen LogP contribution >= 0.6 is 11.8 Å². The van der Waals surface area contributed by atoms with Crippen molar-refractivity contribution in [3.8, 4) is 11.6 Å². The van der Waals surface area contributed by atoms with Crippen LogP contribution in [-0.2, 0) is 11.2 Å². The van der Waals surface area contributed by atoms with E-state index in [1.165, 1.54) is 0 Å². The van der Waals surface area contributed by atoms with Crippen LogP contribution in [-0.4, -0.2) is 35.5 Å². The molecule has 2 aromatic rings. The molecule has 6 heteroatoms. The molecule has 23 heavy (non-hydrogen) atoms. The highest BCUT2D eigenvalue weighted by Crippen LogP contribution is 2.19. The Labute approximate surface area is 139 Å². The fourth-order valence-corrected chi connectivity index (χ4v) is 2.60. The molecular weight excluding hydrogens is 314 g/mol. The second kappa shape index (κ2) is 9.05. The molecule has 1 aromatic carbocycles. The minimum absolute atomic E-state index is 0.143. The molecule has 1 heterocycles. The summed E-state index contributed by atoms with van der Waals surface area (Å²) in [6.07, 6.45) is 0.678. The summed E-state index contributed by atoms with van der Waals surface area (Å²) < 4.78 is 10.8. The van der Waals surface area contributed by atoms with Crippen LogP contribution < -0.4 is 9.47 Å². The molecule has 0 spiro atoms. The van der Waals surface area contributed by atoms with Crippen molar-refractivity contribution < 1.29 is 19.4 Å². The van der Waals surface area contributed by atoms with E-state index in [0.717, 1.165) is 22.1 Å². The Kier molecular flexibility index (Phi) is 6.75. The highest BCUT2D eigenvalue weighted by atomic mass is 32.2. The number of carboxylic acids is 1. The molecule has 0 atom stereocenters. The van der Waals surface area contributed by atoms with E-state index in [1.807, 2.05) is 42.5 Å². The lowest BCUT2D eigenvalue weighted by Crippen LogP contribution is -2.01. The van der Waals surface area contributed by atoms with Gasteiger partial charge in [0.15, 0.2) is 0 Å². The van der Waals surface area contributed by atoms with Gasteiger partial charge in [0.1, 0.15) is 10.8 Å².